The predicted octanol–water partition coefficient (Wildman–Crippen LogP) is 1.88. The Labute approximate surface area is 77.2 Å². The van der Waals surface area contributed by atoms with Crippen molar-refractivity contribution in [1.82, 2.24) is 0 Å². The molecule has 0 heterocycles. The molecule has 0 aliphatic rings. The van der Waals surface area contributed by atoms with Crippen molar-refractivity contribution in [3.8, 4) is 0 Å². The molecule has 0 aliphatic heterocycles. The first kappa shape index (κ1) is 10.0. The number of carbonyl (C=O) groups is 1. The van der Waals surface area contributed by atoms with Crippen molar-refractivity contribution in [3.63, 3.8) is 0 Å². The summed E-state index contributed by atoms with van der Waals surface area (Å²) in [5, 5.41) is 8.41. The standard InChI is InChI=1S/C8H10O4S/c9-8(10)6-13(11,12)7-4-2-1-3-5-7/h1-5,11-12H,6H2,(H,9,10). The molecule has 0 radical (unpaired) electrons. The third-order valence-electron chi connectivity index (χ3n) is 1.45. The molecule has 1 rings (SSSR count). The molecule has 0 bridgehead atoms. The number of rotatable bonds is 3. The number of benzene rings is 1. The van der Waals surface area contributed by atoms with E-state index in [0.29, 0.717) is 0 Å². The third kappa shape index (κ3) is 2.73. The zero-order valence-electron chi connectivity index (χ0n) is 6.75. The summed E-state index contributed by atoms with van der Waals surface area (Å²) in [6, 6.07) is 7.98. The highest BCUT2D eigenvalue weighted by atomic mass is 32.3. The van der Waals surface area contributed by atoms with Crippen molar-refractivity contribution >= 4 is 16.6 Å². The van der Waals surface area contributed by atoms with Crippen molar-refractivity contribution in [2.45, 2.75) is 4.90 Å². The van der Waals surface area contributed by atoms with E-state index in [2.05, 4.69) is 0 Å². The fourth-order valence-corrected chi connectivity index (χ4v) is 2.00. The first-order valence-electron chi connectivity index (χ1n) is 3.55. The van der Waals surface area contributed by atoms with Crippen LogP contribution in [0.25, 0.3) is 0 Å². The van der Waals surface area contributed by atoms with Gasteiger partial charge in [-0.25, -0.2) is 0 Å². The van der Waals surface area contributed by atoms with Gasteiger partial charge < -0.3 is 5.11 Å². The molecule has 0 atom stereocenters. The number of hydrogen-bond acceptors (Lipinski definition) is 3. The van der Waals surface area contributed by atoms with Gasteiger partial charge in [-0.3, -0.25) is 13.9 Å². The number of hydrogen-bond donors (Lipinski definition) is 3. The van der Waals surface area contributed by atoms with Gasteiger partial charge in [0, 0.05) is 0 Å². The Morgan fingerprint density at radius 3 is 2.23 bits per heavy atom. The fraction of sp³-hybridized carbons (Fsp3) is 0.125. The van der Waals surface area contributed by atoms with Gasteiger partial charge in [-0.2, -0.15) is 10.6 Å². The molecule has 0 amide bonds. The molecule has 3 N–H and O–H groups in total. The lowest BCUT2D eigenvalue weighted by molar-refractivity contribution is -0.134. The highest BCUT2D eigenvalue weighted by molar-refractivity contribution is 8.24. The maximum atomic E-state index is 10.3. The van der Waals surface area contributed by atoms with Gasteiger partial charge in [0.2, 0.25) is 0 Å². The molecule has 0 aliphatic carbocycles. The molecule has 0 spiro atoms. The normalized spacial score (nSPS) is 12.5. The van der Waals surface area contributed by atoms with Crippen LogP contribution in [-0.2, 0) is 4.79 Å². The van der Waals surface area contributed by atoms with Crippen LogP contribution in [-0.4, -0.2) is 25.9 Å². The lowest BCUT2D eigenvalue weighted by atomic mass is 10.4. The maximum absolute atomic E-state index is 10.3. The van der Waals surface area contributed by atoms with Crippen LogP contribution >= 0.6 is 10.6 Å². The van der Waals surface area contributed by atoms with Crippen LogP contribution in [0.5, 0.6) is 0 Å². The molecule has 1 aromatic rings. The SMILES string of the molecule is O=C(O)CS(O)(O)c1ccccc1. The molecule has 13 heavy (non-hydrogen) atoms. The Morgan fingerprint density at radius 2 is 1.77 bits per heavy atom. The minimum Gasteiger partial charge on any atom is -0.480 e. The van der Waals surface area contributed by atoms with Gasteiger partial charge in [0.25, 0.3) is 0 Å². The summed E-state index contributed by atoms with van der Waals surface area (Å²) in [6.45, 7) is 0. The summed E-state index contributed by atoms with van der Waals surface area (Å²) in [5.74, 6) is -1.86. The quantitative estimate of drug-likeness (QED) is 0.699. The molecule has 0 unspecified atom stereocenters. The second-order valence-corrected chi connectivity index (χ2v) is 4.61. The zero-order valence-corrected chi connectivity index (χ0v) is 7.57. The van der Waals surface area contributed by atoms with E-state index in [4.69, 9.17) is 5.11 Å². The van der Waals surface area contributed by atoms with Gasteiger partial charge >= 0.3 is 5.97 Å². The molecule has 5 heteroatoms. The van der Waals surface area contributed by atoms with Gasteiger partial charge in [0.15, 0.2) is 0 Å². The highest BCUT2D eigenvalue weighted by Crippen LogP contribution is 2.47. The lowest BCUT2D eigenvalue weighted by Gasteiger charge is -2.30. The first-order chi connectivity index (χ1) is 6.02. The summed E-state index contributed by atoms with van der Waals surface area (Å²) in [6.07, 6.45) is 0. The average molecular weight is 202 g/mol. The second kappa shape index (κ2) is 3.78. The molecular formula is C8H10O4S. The molecule has 0 saturated carbocycles. The Hall–Kier alpha value is -1.04. The third-order valence-corrected chi connectivity index (χ3v) is 3.12. The first-order valence-corrected chi connectivity index (χ1v) is 5.27. The molecule has 0 aromatic heterocycles. The van der Waals surface area contributed by atoms with E-state index in [1.165, 1.54) is 12.1 Å². The van der Waals surface area contributed by atoms with Crippen molar-refractivity contribution in [2.75, 3.05) is 5.75 Å². The van der Waals surface area contributed by atoms with E-state index >= 15 is 0 Å². The molecule has 0 saturated heterocycles. The molecule has 0 fully saturated rings. The number of carboxylic acids is 1. The summed E-state index contributed by atoms with van der Waals surface area (Å²) in [4.78, 5) is 10.6. The van der Waals surface area contributed by atoms with Crippen LogP contribution in [0.1, 0.15) is 0 Å². The van der Waals surface area contributed by atoms with E-state index in [0.717, 1.165) is 0 Å². The van der Waals surface area contributed by atoms with E-state index < -0.39 is 22.3 Å². The smallest absolute Gasteiger partial charge is 0.323 e. The number of carboxylic acid groups (broad SMARTS) is 1. The minimum absolute atomic E-state index is 0.261. The monoisotopic (exact) mass is 202 g/mol. The Kier molecular flexibility index (Phi) is 2.92. The number of aliphatic carboxylic acids is 1. The van der Waals surface area contributed by atoms with Crippen molar-refractivity contribution in [1.29, 1.82) is 0 Å². The lowest BCUT2D eigenvalue weighted by Crippen LogP contribution is -2.12. The van der Waals surface area contributed by atoms with Crippen LogP contribution in [0.2, 0.25) is 0 Å². The van der Waals surface area contributed by atoms with Crippen LogP contribution in [0.15, 0.2) is 35.2 Å². The van der Waals surface area contributed by atoms with Crippen LogP contribution < -0.4 is 0 Å². The Morgan fingerprint density at radius 1 is 1.23 bits per heavy atom. The van der Waals surface area contributed by atoms with Crippen molar-refractivity contribution in [2.24, 2.45) is 0 Å². The van der Waals surface area contributed by atoms with Gasteiger partial charge in [-0.1, -0.05) is 18.2 Å². The van der Waals surface area contributed by atoms with Gasteiger partial charge in [0.1, 0.15) is 5.75 Å². The van der Waals surface area contributed by atoms with Crippen LogP contribution in [0.4, 0.5) is 0 Å². The summed E-state index contributed by atoms with van der Waals surface area (Å²) < 4.78 is 18.8. The van der Waals surface area contributed by atoms with Crippen molar-refractivity contribution < 1.29 is 19.0 Å². The fourth-order valence-electron chi connectivity index (χ4n) is 0.894. The Balaban J connectivity index is 2.87. The molecular weight excluding hydrogens is 192 g/mol. The van der Waals surface area contributed by atoms with Crippen LogP contribution in [0.3, 0.4) is 0 Å². The largest absolute Gasteiger partial charge is 0.480 e. The predicted molar refractivity (Wildman–Crippen MR) is 50.1 cm³/mol. The minimum atomic E-state index is -3.16. The average Bonchev–Trinajstić information content (AvgIpc) is 2.04. The van der Waals surface area contributed by atoms with E-state index in [1.807, 2.05) is 0 Å². The maximum Gasteiger partial charge on any atom is 0.323 e. The highest BCUT2D eigenvalue weighted by Gasteiger charge is 2.18. The van der Waals surface area contributed by atoms with Gasteiger partial charge in [0.05, 0.1) is 4.90 Å². The van der Waals surface area contributed by atoms with E-state index in [-0.39, 0.29) is 4.90 Å². The van der Waals surface area contributed by atoms with Gasteiger partial charge in [-0.15, -0.1) is 0 Å². The summed E-state index contributed by atoms with van der Waals surface area (Å²) in [7, 11) is -3.16. The van der Waals surface area contributed by atoms with Crippen molar-refractivity contribution in [3.05, 3.63) is 30.3 Å². The molecule has 72 valence electrons. The summed E-state index contributed by atoms with van der Waals surface area (Å²) in [5.41, 5.74) is 0. The Bertz CT molecular complexity index is 296. The van der Waals surface area contributed by atoms with Gasteiger partial charge in [-0.05, 0) is 12.1 Å². The van der Waals surface area contributed by atoms with E-state index in [1.54, 1.807) is 18.2 Å². The van der Waals surface area contributed by atoms with Crippen LogP contribution in [0, 0.1) is 0 Å². The summed E-state index contributed by atoms with van der Waals surface area (Å²) >= 11 is 0. The molecule has 1 aromatic carbocycles. The second-order valence-electron chi connectivity index (χ2n) is 2.52. The zero-order chi connectivity index (χ0) is 9.90. The van der Waals surface area contributed by atoms with E-state index in [9.17, 15) is 13.9 Å². The molecule has 4 nitrogen and oxygen atoms in total. The topological polar surface area (TPSA) is 77.8 Å².